The summed E-state index contributed by atoms with van der Waals surface area (Å²) in [5.74, 6) is 0.867. The molecule has 0 amide bonds. The zero-order chi connectivity index (χ0) is 20.7. The first-order valence-electron chi connectivity index (χ1n) is 9.81. The Morgan fingerprint density at radius 2 is 1.80 bits per heavy atom. The predicted molar refractivity (Wildman–Crippen MR) is 112 cm³/mol. The van der Waals surface area contributed by atoms with E-state index in [1.807, 2.05) is 47.9 Å². The van der Waals surface area contributed by atoms with Crippen LogP contribution in [0, 0.1) is 6.92 Å². The molecule has 0 bridgehead atoms. The third-order valence-corrected chi connectivity index (χ3v) is 5.32. The molecule has 4 aromatic rings. The maximum atomic E-state index is 6.09. The lowest BCUT2D eigenvalue weighted by Gasteiger charge is -2.24. The minimum atomic E-state index is -0.0521. The van der Waals surface area contributed by atoms with E-state index in [-0.39, 0.29) is 6.10 Å². The van der Waals surface area contributed by atoms with E-state index in [1.54, 1.807) is 0 Å². The summed E-state index contributed by atoms with van der Waals surface area (Å²) >= 11 is 0. The number of aryl methyl sites for hydroxylation is 1. The fourth-order valence-electron chi connectivity index (χ4n) is 3.51. The second-order valence-corrected chi connectivity index (χ2v) is 7.64. The number of hydrogen-bond donors (Lipinski definition) is 0. The quantitative estimate of drug-likeness (QED) is 0.515. The van der Waals surface area contributed by atoms with E-state index in [0.717, 1.165) is 22.5 Å². The highest BCUT2D eigenvalue weighted by atomic mass is 16.5. The highest BCUT2D eigenvalue weighted by Crippen LogP contribution is 2.31. The first kappa shape index (κ1) is 18.5. The van der Waals surface area contributed by atoms with E-state index in [0.29, 0.717) is 30.6 Å². The molecule has 0 saturated heterocycles. The third-order valence-electron chi connectivity index (χ3n) is 5.32. The summed E-state index contributed by atoms with van der Waals surface area (Å²) in [6.07, 6.45) is -0.0521. The average molecular weight is 402 g/mol. The number of nitrogens with zero attached hydrogens (tertiary/aromatic N) is 6. The van der Waals surface area contributed by atoms with Crippen LogP contribution in [0.15, 0.2) is 53.1 Å². The number of benzene rings is 2. The molecule has 0 aliphatic carbocycles. The molecule has 5 rings (SSSR count). The first-order valence-corrected chi connectivity index (χ1v) is 9.81. The van der Waals surface area contributed by atoms with Crippen molar-refractivity contribution >= 4 is 5.69 Å². The maximum Gasteiger partial charge on any atom is 0.258 e. The Hall–Kier alpha value is -3.52. The number of hydrogen-bond acceptors (Lipinski definition) is 7. The summed E-state index contributed by atoms with van der Waals surface area (Å²) < 4.78 is 13.4. The van der Waals surface area contributed by atoms with Crippen molar-refractivity contribution in [3.8, 4) is 23.0 Å². The molecule has 0 radical (unpaired) electrons. The van der Waals surface area contributed by atoms with Gasteiger partial charge < -0.3 is 14.2 Å². The molecule has 30 heavy (non-hydrogen) atoms. The van der Waals surface area contributed by atoms with Gasteiger partial charge in [0.05, 0.1) is 18.8 Å². The highest BCUT2D eigenvalue weighted by Gasteiger charge is 2.27. The van der Waals surface area contributed by atoms with Crippen molar-refractivity contribution in [2.45, 2.75) is 26.2 Å². The zero-order valence-corrected chi connectivity index (χ0v) is 17.1. The lowest BCUT2D eigenvalue weighted by atomic mass is 10.1. The molecule has 0 spiro atoms. The molecule has 0 saturated carbocycles. The zero-order valence-electron chi connectivity index (χ0n) is 17.1. The van der Waals surface area contributed by atoms with Crippen LogP contribution in [-0.2, 0) is 17.9 Å². The molecule has 0 unspecified atom stereocenters. The number of anilines is 1. The van der Waals surface area contributed by atoms with Crippen LogP contribution in [0.1, 0.15) is 22.9 Å². The van der Waals surface area contributed by atoms with Gasteiger partial charge in [-0.1, -0.05) is 40.2 Å². The minimum absolute atomic E-state index is 0.0521. The number of ether oxygens (including phenoxy) is 1. The van der Waals surface area contributed by atoms with Crippen LogP contribution in [0.2, 0.25) is 0 Å². The van der Waals surface area contributed by atoms with Crippen molar-refractivity contribution in [3.63, 3.8) is 0 Å². The summed E-state index contributed by atoms with van der Waals surface area (Å²) in [7, 11) is 4.00. The Kier molecular flexibility index (Phi) is 4.55. The van der Waals surface area contributed by atoms with Gasteiger partial charge in [-0.15, -0.1) is 5.10 Å². The van der Waals surface area contributed by atoms with Gasteiger partial charge in [0.1, 0.15) is 6.10 Å². The van der Waals surface area contributed by atoms with Gasteiger partial charge in [0.2, 0.25) is 5.82 Å². The molecule has 2 aromatic carbocycles. The van der Waals surface area contributed by atoms with Gasteiger partial charge >= 0.3 is 0 Å². The van der Waals surface area contributed by atoms with E-state index in [2.05, 4.69) is 51.6 Å². The number of aromatic nitrogens is 5. The average Bonchev–Trinajstić information content (AvgIpc) is 3.41. The smallest absolute Gasteiger partial charge is 0.258 e. The number of rotatable bonds is 4. The minimum Gasteiger partial charge on any atom is -0.378 e. The lowest BCUT2D eigenvalue weighted by molar-refractivity contribution is -0.00112. The van der Waals surface area contributed by atoms with E-state index in [1.165, 1.54) is 5.56 Å². The molecule has 8 nitrogen and oxygen atoms in total. The second-order valence-electron chi connectivity index (χ2n) is 7.64. The molecular formula is C22H22N6O2. The van der Waals surface area contributed by atoms with Gasteiger partial charge in [-0.2, -0.15) is 4.98 Å². The fraction of sp³-hybridized carbons (Fsp3) is 0.273. The molecule has 3 heterocycles. The monoisotopic (exact) mass is 402 g/mol. The summed E-state index contributed by atoms with van der Waals surface area (Å²) in [4.78, 5) is 6.57. The van der Waals surface area contributed by atoms with E-state index in [4.69, 9.17) is 9.26 Å². The predicted octanol–water partition coefficient (Wildman–Crippen LogP) is 3.64. The SMILES string of the molecule is Cc1ccc([C@H]2Cn3nnc(-c4noc(-c5ccc(N(C)C)cc5)n4)c3CO2)cc1. The van der Waals surface area contributed by atoms with Crippen molar-refractivity contribution in [3.05, 3.63) is 65.4 Å². The first-order chi connectivity index (χ1) is 14.6. The Labute approximate surface area is 174 Å². The summed E-state index contributed by atoms with van der Waals surface area (Å²) in [5.41, 5.74) is 5.77. The van der Waals surface area contributed by atoms with E-state index >= 15 is 0 Å². The Balaban J connectivity index is 1.38. The van der Waals surface area contributed by atoms with Crippen LogP contribution >= 0.6 is 0 Å². The molecule has 1 aliphatic rings. The molecule has 0 fully saturated rings. The Morgan fingerprint density at radius 3 is 2.53 bits per heavy atom. The van der Waals surface area contributed by atoms with Crippen molar-refractivity contribution in [1.29, 1.82) is 0 Å². The molecule has 0 N–H and O–H groups in total. The fourth-order valence-corrected chi connectivity index (χ4v) is 3.51. The van der Waals surface area contributed by atoms with Crippen molar-refractivity contribution in [2.75, 3.05) is 19.0 Å². The summed E-state index contributed by atoms with van der Waals surface area (Å²) in [6, 6.07) is 16.3. The van der Waals surface area contributed by atoms with Crippen LogP contribution in [0.4, 0.5) is 5.69 Å². The molecular weight excluding hydrogens is 380 g/mol. The molecule has 8 heteroatoms. The topological polar surface area (TPSA) is 82.1 Å². The summed E-state index contributed by atoms with van der Waals surface area (Å²) in [5, 5.41) is 12.7. The highest BCUT2D eigenvalue weighted by molar-refractivity contribution is 5.61. The van der Waals surface area contributed by atoms with Gasteiger partial charge in [0.15, 0.2) is 5.69 Å². The van der Waals surface area contributed by atoms with Crippen molar-refractivity contribution in [2.24, 2.45) is 0 Å². The summed E-state index contributed by atoms with van der Waals surface area (Å²) in [6.45, 7) is 3.06. The van der Waals surface area contributed by atoms with Gasteiger partial charge in [-0.05, 0) is 36.8 Å². The van der Waals surface area contributed by atoms with E-state index in [9.17, 15) is 0 Å². The Bertz CT molecular complexity index is 1160. The Morgan fingerprint density at radius 1 is 1.03 bits per heavy atom. The maximum absolute atomic E-state index is 6.09. The van der Waals surface area contributed by atoms with Crippen LogP contribution in [-0.4, -0.2) is 39.2 Å². The molecule has 1 atom stereocenters. The normalized spacial score (nSPS) is 15.8. The van der Waals surface area contributed by atoms with Crippen molar-refractivity contribution < 1.29 is 9.26 Å². The molecule has 1 aliphatic heterocycles. The standard InChI is InChI=1S/C22H22N6O2/c1-14-4-6-15(7-5-14)19-12-28-18(13-29-19)20(24-26-28)21-23-22(30-25-21)16-8-10-17(11-9-16)27(2)3/h4-11,19H,12-13H2,1-3H3/t19-/m1/s1. The molecule has 152 valence electrons. The van der Waals surface area contributed by atoms with Gasteiger partial charge in [-0.3, -0.25) is 0 Å². The number of fused-ring (bicyclic) bond motifs is 1. The largest absolute Gasteiger partial charge is 0.378 e. The van der Waals surface area contributed by atoms with E-state index < -0.39 is 0 Å². The van der Waals surface area contributed by atoms with Crippen molar-refractivity contribution in [1.82, 2.24) is 25.1 Å². The van der Waals surface area contributed by atoms with Crippen LogP contribution < -0.4 is 4.90 Å². The van der Waals surface area contributed by atoms with Gasteiger partial charge in [-0.25, -0.2) is 4.68 Å². The lowest BCUT2D eigenvalue weighted by Crippen LogP contribution is -2.22. The van der Waals surface area contributed by atoms with Crippen LogP contribution in [0.5, 0.6) is 0 Å². The molecule has 2 aromatic heterocycles. The second kappa shape index (κ2) is 7.38. The van der Waals surface area contributed by atoms with Gasteiger partial charge in [0, 0.05) is 25.3 Å². The third kappa shape index (κ3) is 3.35. The van der Waals surface area contributed by atoms with Gasteiger partial charge in [0.25, 0.3) is 5.89 Å². The van der Waals surface area contributed by atoms with Crippen LogP contribution in [0.25, 0.3) is 23.0 Å². The van der Waals surface area contributed by atoms with Crippen LogP contribution in [0.3, 0.4) is 0 Å².